The maximum absolute atomic E-state index is 11.8. The summed E-state index contributed by atoms with van der Waals surface area (Å²) in [5.74, 6) is -0.439. The average molecular weight is 217 g/mol. The van der Waals surface area contributed by atoms with E-state index in [0.717, 1.165) is 0 Å². The number of carbonyl (C=O) groups is 1. The molecule has 0 aromatic carbocycles. The lowest BCUT2D eigenvalue weighted by molar-refractivity contribution is -0.143. The van der Waals surface area contributed by atoms with E-state index in [1.807, 2.05) is 0 Å². The van der Waals surface area contributed by atoms with E-state index in [-0.39, 0.29) is 6.42 Å². The molecule has 0 aliphatic rings. The Bertz CT molecular complexity index is 321. The zero-order valence-corrected chi connectivity index (χ0v) is 7.92. The van der Waals surface area contributed by atoms with Gasteiger partial charge in [-0.2, -0.15) is 13.2 Å². The molecule has 2 nitrogen and oxygen atoms in total. The smallest absolute Gasteiger partial charge is 0.299 e. The molecule has 1 rings (SSSR count). The van der Waals surface area contributed by atoms with Gasteiger partial charge in [0.05, 0.1) is 6.42 Å². The van der Waals surface area contributed by atoms with Crippen LogP contribution in [-0.2, 0) is 11.2 Å². The number of carbonyl (C=O) groups excluding carboxylic acids is 1. The first kappa shape index (κ1) is 11.7. The molecule has 0 amide bonds. The SMILES string of the molecule is O=C(CCC(F)(F)F)Cc1ccccn1. The summed E-state index contributed by atoms with van der Waals surface area (Å²) in [6.07, 6.45) is -4.32. The fourth-order valence-corrected chi connectivity index (χ4v) is 1.07. The number of ketones is 1. The number of alkyl halides is 3. The highest BCUT2D eigenvalue weighted by molar-refractivity contribution is 5.80. The van der Waals surface area contributed by atoms with Gasteiger partial charge in [-0.1, -0.05) is 6.07 Å². The lowest BCUT2D eigenvalue weighted by Crippen LogP contribution is -2.12. The van der Waals surface area contributed by atoms with E-state index in [0.29, 0.717) is 5.69 Å². The van der Waals surface area contributed by atoms with Gasteiger partial charge in [-0.25, -0.2) is 0 Å². The van der Waals surface area contributed by atoms with Crippen molar-refractivity contribution in [2.45, 2.75) is 25.4 Å². The quantitative estimate of drug-likeness (QED) is 0.775. The van der Waals surface area contributed by atoms with Crippen LogP contribution in [0.25, 0.3) is 0 Å². The topological polar surface area (TPSA) is 30.0 Å². The molecule has 0 atom stereocenters. The van der Waals surface area contributed by atoms with Crippen LogP contribution in [0.5, 0.6) is 0 Å². The molecule has 0 N–H and O–H groups in total. The Morgan fingerprint density at radius 2 is 2.07 bits per heavy atom. The van der Waals surface area contributed by atoms with Crippen LogP contribution in [0.15, 0.2) is 24.4 Å². The first-order chi connectivity index (χ1) is 6.97. The zero-order chi connectivity index (χ0) is 11.3. The number of hydrogen-bond donors (Lipinski definition) is 0. The maximum atomic E-state index is 11.8. The standard InChI is InChI=1S/C10H10F3NO/c11-10(12,13)5-4-9(15)7-8-3-1-2-6-14-8/h1-3,6H,4-5,7H2. The highest BCUT2D eigenvalue weighted by atomic mass is 19.4. The van der Waals surface area contributed by atoms with E-state index in [2.05, 4.69) is 4.98 Å². The van der Waals surface area contributed by atoms with Gasteiger partial charge in [0.2, 0.25) is 0 Å². The fourth-order valence-electron chi connectivity index (χ4n) is 1.07. The first-order valence-corrected chi connectivity index (χ1v) is 4.46. The van der Waals surface area contributed by atoms with Crippen LogP contribution < -0.4 is 0 Å². The van der Waals surface area contributed by atoms with Crippen LogP contribution in [0, 0.1) is 0 Å². The molecule has 0 aliphatic heterocycles. The van der Waals surface area contributed by atoms with Crippen molar-refractivity contribution >= 4 is 5.78 Å². The summed E-state index contributed by atoms with van der Waals surface area (Å²) in [7, 11) is 0. The summed E-state index contributed by atoms with van der Waals surface area (Å²) in [5, 5.41) is 0. The molecular formula is C10H10F3NO. The molecule has 0 bridgehead atoms. The van der Waals surface area contributed by atoms with Crippen molar-refractivity contribution in [3.63, 3.8) is 0 Å². The second kappa shape index (κ2) is 4.91. The second-order valence-electron chi connectivity index (χ2n) is 3.15. The number of rotatable bonds is 4. The summed E-state index contributed by atoms with van der Waals surface area (Å²) >= 11 is 0. The summed E-state index contributed by atoms with van der Waals surface area (Å²) in [4.78, 5) is 15.0. The fraction of sp³-hybridized carbons (Fsp3) is 0.400. The molecule has 0 aliphatic carbocycles. The molecule has 1 aromatic rings. The molecule has 0 spiro atoms. The molecule has 82 valence electrons. The van der Waals surface area contributed by atoms with E-state index in [1.165, 1.54) is 6.20 Å². The minimum Gasteiger partial charge on any atom is -0.299 e. The van der Waals surface area contributed by atoms with E-state index in [4.69, 9.17) is 0 Å². The third kappa shape index (κ3) is 5.15. The van der Waals surface area contributed by atoms with Gasteiger partial charge in [0.25, 0.3) is 0 Å². The highest BCUT2D eigenvalue weighted by Gasteiger charge is 2.27. The summed E-state index contributed by atoms with van der Waals surface area (Å²) in [6.45, 7) is 0. The molecule has 0 saturated heterocycles. The molecule has 5 heteroatoms. The van der Waals surface area contributed by atoms with Crippen LogP contribution in [0.2, 0.25) is 0 Å². The molecule has 0 radical (unpaired) electrons. The van der Waals surface area contributed by atoms with E-state index >= 15 is 0 Å². The van der Waals surface area contributed by atoms with Crippen molar-refractivity contribution in [2.24, 2.45) is 0 Å². The van der Waals surface area contributed by atoms with Gasteiger partial charge in [-0.3, -0.25) is 9.78 Å². The second-order valence-corrected chi connectivity index (χ2v) is 3.15. The van der Waals surface area contributed by atoms with Crippen molar-refractivity contribution in [1.82, 2.24) is 4.98 Å². The molecule has 0 saturated carbocycles. The van der Waals surface area contributed by atoms with E-state index < -0.39 is 24.8 Å². The maximum Gasteiger partial charge on any atom is 0.389 e. The number of aromatic nitrogens is 1. The molecule has 15 heavy (non-hydrogen) atoms. The lowest BCUT2D eigenvalue weighted by Gasteiger charge is -2.04. The van der Waals surface area contributed by atoms with Gasteiger partial charge < -0.3 is 0 Å². The van der Waals surface area contributed by atoms with Gasteiger partial charge in [0.1, 0.15) is 5.78 Å². The minimum absolute atomic E-state index is 0.0308. The normalized spacial score (nSPS) is 11.4. The Morgan fingerprint density at radius 1 is 1.33 bits per heavy atom. The summed E-state index contributed by atoms with van der Waals surface area (Å²) < 4.78 is 35.4. The molecule has 0 fully saturated rings. The highest BCUT2D eigenvalue weighted by Crippen LogP contribution is 2.21. The first-order valence-electron chi connectivity index (χ1n) is 4.46. The number of halogens is 3. The predicted molar refractivity (Wildman–Crippen MR) is 48.2 cm³/mol. The third-order valence-electron chi connectivity index (χ3n) is 1.79. The molecular weight excluding hydrogens is 207 g/mol. The van der Waals surface area contributed by atoms with Crippen molar-refractivity contribution in [3.8, 4) is 0 Å². The Hall–Kier alpha value is -1.39. The van der Waals surface area contributed by atoms with Gasteiger partial charge in [-0.15, -0.1) is 0 Å². The zero-order valence-electron chi connectivity index (χ0n) is 7.92. The van der Waals surface area contributed by atoms with Crippen LogP contribution in [0.4, 0.5) is 13.2 Å². The van der Waals surface area contributed by atoms with Crippen molar-refractivity contribution in [1.29, 1.82) is 0 Å². The Kier molecular flexibility index (Phi) is 3.82. The van der Waals surface area contributed by atoms with Crippen LogP contribution >= 0.6 is 0 Å². The van der Waals surface area contributed by atoms with Crippen LogP contribution in [0.3, 0.4) is 0 Å². The monoisotopic (exact) mass is 217 g/mol. The lowest BCUT2D eigenvalue weighted by atomic mass is 10.1. The van der Waals surface area contributed by atoms with Gasteiger partial charge in [0, 0.05) is 24.7 Å². The largest absolute Gasteiger partial charge is 0.389 e. The van der Waals surface area contributed by atoms with Gasteiger partial charge in [-0.05, 0) is 12.1 Å². The number of nitrogens with zero attached hydrogens (tertiary/aromatic N) is 1. The summed E-state index contributed by atoms with van der Waals surface area (Å²) in [6, 6.07) is 4.99. The summed E-state index contributed by atoms with van der Waals surface area (Å²) in [5.41, 5.74) is 0.504. The van der Waals surface area contributed by atoms with Gasteiger partial charge in [0.15, 0.2) is 0 Å². The minimum atomic E-state index is -4.26. The Labute approximate surface area is 85.1 Å². The van der Waals surface area contributed by atoms with Gasteiger partial charge >= 0.3 is 6.18 Å². The molecule has 1 aromatic heterocycles. The number of Topliss-reactive ketones (excluding diaryl/α,β-unsaturated/α-hetero) is 1. The van der Waals surface area contributed by atoms with Crippen molar-refractivity contribution < 1.29 is 18.0 Å². The Balaban J connectivity index is 2.38. The van der Waals surface area contributed by atoms with Crippen molar-refractivity contribution in [3.05, 3.63) is 30.1 Å². The van der Waals surface area contributed by atoms with E-state index in [9.17, 15) is 18.0 Å². The number of pyridine rings is 1. The van der Waals surface area contributed by atoms with E-state index in [1.54, 1.807) is 18.2 Å². The van der Waals surface area contributed by atoms with Crippen LogP contribution in [0.1, 0.15) is 18.5 Å². The molecule has 0 unspecified atom stereocenters. The molecule has 1 heterocycles. The number of hydrogen-bond acceptors (Lipinski definition) is 2. The van der Waals surface area contributed by atoms with Crippen LogP contribution in [-0.4, -0.2) is 16.9 Å². The average Bonchev–Trinajstić information content (AvgIpc) is 2.15. The third-order valence-corrected chi connectivity index (χ3v) is 1.79. The van der Waals surface area contributed by atoms with Crippen molar-refractivity contribution in [2.75, 3.05) is 0 Å². The Morgan fingerprint density at radius 3 is 2.60 bits per heavy atom. The predicted octanol–water partition coefficient (Wildman–Crippen LogP) is 2.54.